The number of hydrogen-bond acceptors (Lipinski definition) is 6. The summed E-state index contributed by atoms with van der Waals surface area (Å²) >= 11 is 0. The minimum atomic E-state index is -0.946. The molecule has 2 heterocycles. The number of rotatable bonds is 6. The number of aliphatic carboxylic acids is 1. The molecule has 7 heteroatoms. The van der Waals surface area contributed by atoms with Crippen LogP contribution >= 0.6 is 0 Å². The van der Waals surface area contributed by atoms with E-state index in [4.69, 9.17) is 9.52 Å². The number of nitrogens with one attached hydrogen (secondary N) is 2. The Balaban J connectivity index is 1.92. The summed E-state index contributed by atoms with van der Waals surface area (Å²) < 4.78 is 5.17. The van der Waals surface area contributed by atoms with Crippen molar-refractivity contribution in [3.8, 4) is 0 Å². The quantitative estimate of drug-likeness (QED) is 0.705. The summed E-state index contributed by atoms with van der Waals surface area (Å²) in [6.45, 7) is 0.316. The van der Waals surface area contributed by atoms with Crippen molar-refractivity contribution in [1.29, 1.82) is 0 Å². The first-order valence-corrected chi connectivity index (χ1v) is 5.28. The Labute approximate surface area is 103 Å². The zero-order valence-electron chi connectivity index (χ0n) is 9.46. The highest BCUT2D eigenvalue weighted by molar-refractivity contribution is 5.72. The van der Waals surface area contributed by atoms with Crippen LogP contribution in [0.4, 0.5) is 11.6 Å². The van der Waals surface area contributed by atoms with Crippen molar-refractivity contribution < 1.29 is 14.3 Å². The molecule has 0 aliphatic heterocycles. The van der Waals surface area contributed by atoms with E-state index in [0.717, 1.165) is 5.76 Å². The SMILES string of the molecule is O=C(O)CNc1cc(NCc2ccco2)ncn1. The van der Waals surface area contributed by atoms with Crippen molar-refractivity contribution in [2.75, 3.05) is 17.2 Å². The summed E-state index contributed by atoms with van der Waals surface area (Å²) in [5.74, 6) is 0.885. The monoisotopic (exact) mass is 248 g/mol. The standard InChI is InChI=1S/C11H12N4O3/c16-11(17)6-13-10-4-9(14-7-15-10)12-5-8-2-1-3-18-8/h1-4,7H,5-6H2,(H,16,17)(H2,12,13,14,15). The van der Waals surface area contributed by atoms with Gasteiger partial charge in [-0.1, -0.05) is 0 Å². The Bertz CT molecular complexity index is 513. The van der Waals surface area contributed by atoms with Crippen LogP contribution in [-0.2, 0) is 11.3 Å². The Morgan fingerprint density at radius 2 is 2.11 bits per heavy atom. The summed E-state index contributed by atoms with van der Waals surface area (Å²) in [6.07, 6.45) is 2.95. The van der Waals surface area contributed by atoms with Crippen LogP contribution in [0.15, 0.2) is 35.2 Å². The van der Waals surface area contributed by atoms with Gasteiger partial charge in [0.15, 0.2) is 0 Å². The van der Waals surface area contributed by atoms with Crippen molar-refractivity contribution in [3.05, 3.63) is 36.5 Å². The van der Waals surface area contributed by atoms with Crippen LogP contribution in [0.25, 0.3) is 0 Å². The second kappa shape index (κ2) is 5.67. The third-order valence-electron chi connectivity index (χ3n) is 2.11. The smallest absolute Gasteiger partial charge is 0.322 e. The van der Waals surface area contributed by atoms with Gasteiger partial charge in [0, 0.05) is 6.07 Å². The van der Waals surface area contributed by atoms with E-state index < -0.39 is 5.97 Å². The van der Waals surface area contributed by atoms with Gasteiger partial charge in [-0.15, -0.1) is 0 Å². The molecule has 0 saturated carbocycles. The number of aromatic nitrogens is 2. The van der Waals surface area contributed by atoms with Crippen LogP contribution < -0.4 is 10.6 Å². The minimum absolute atomic E-state index is 0.186. The average Bonchev–Trinajstić information content (AvgIpc) is 2.87. The van der Waals surface area contributed by atoms with E-state index in [2.05, 4.69) is 20.6 Å². The Hall–Kier alpha value is -2.57. The summed E-state index contributed by atoms with van der Waals surface area (Å²) in [7, 11) is 0. The molecular weight excluding hydrogens is 236 g/mol. The van der Waals surface area contributed by atoms with Gasteiger partial charge in [0.05, 0.1) is 12.8 Å². The van der Waals surface area contributed by atoms with E-state index in [0.29, 0.717) is 18.2 Å². The summed E-state index contributed by atoms with van der Waals surface area (Å²) in [6, 6.07) is 5.28. The van der Waals surface area contributed by atoms with Crippen LogP contribution in [-0.4, -0.2) is 27.6 Å². The zero-order valence-corrected chi connectivity index (χ0v) is 9.46. The minimum Gasteiger partial charge on any atom is -0.480 e. The number of carbonyl (C=O) groups is 1. The van der Waals surface area contributed by atoms with Crippen molar-refractivity contribution in [2.45, 2.75) is 6.54 Å². The normalized spacial score (nSPS) is 10.0. The molecule has 0 saturated heterocycles. The molecule has 0 spiro atoms. The third kappa shape index (κ3) is 3.48. The topological polar surface area (TPSA) is 100 Å². The summed E-state index contributed by atoms with van der Waals surface area (Å²) in [5, 5.41) is 14.2. The maximum absolute atomic E-state index is 10.4. The maximum Gasteiger partial charge on any atom is 0.322 e. The lowest BCUT2D eigenvalue weighted by Gasteiger charge is -2.06. The molecule has 0 atom stereocenters. The predicted molar refractivity (Wildman–Crippen MR) is 64.2 cm³/mol. The van der Waals surface area contributed by atoms with Gasteiger partial charge in [0.2, 0.25) is 0 Å². The van der Waals surface area contributed by atoms with Gasteiger partial charge in [-0.25, -0.2) is 9.97 Å². The van der Waals surface area contributed by atoms with E-state index in [1.165, 1.54) is 6.33 Å². The largest absolute Gasteiger partial charge is 0.480 e. The van der Waals surface area contributed by atoms with Crippen LogP contribution in [0.1, 0.15) is 5.76 Å². The van der Waals surface area contributed by atoms with Gasteiger partial charge in [-0.05, 0) is 12.1 Å². The van der Waals surface area contributed by atoms with Gasteiger partial charge in [-0.3, -0.25) is 4.79 Å². The van der Waals surface area contributed by atoms with E-state index in [1.807, 2.05) is 6.07 Å². The van der Waals surface area contributed by atoms with Crippen molar-refractivity contribution in [2.24, 2.45) is 0 Å². The number of furan rings is 1. The van der Waals surface area contributed by atoms with Crippen molar-refractivity contribution in [3.63, 3.8) is 0 Å². The van der Waals surface area contributed by atoms with Crippen LogP contribution in [0.2, 0.25) is 0 Å². The van der Waals surface area contributed by atoms with E-state index in [-0.39, 0.29) is 6.54 Å². The number of hydrogen-bond donors (Lipinski definition) is 3. The molecular formula is C11H12N4O3. The molecule has 0 bridgehead atoms. The highest BCUT2D eigenvalue weighted by Gasteiger charge is 2.01. The molecule has 7 nitrogen and oxygen atoms in total. The van der Waals surface area contributed by atoms with Gasteiger partial charge >= 0.3 is 5.97 Å². The fraction of sp³-hybridized carbons (Fsp3) is 0.182. The molecule has 0 aliphatic carbocycles. The van der Waals surface area contributed by atoms with E-state index >= 15 is 0 Å². The van der Waals surface area contributed by atoms with Crippen molar-refractivity contribution in [1.82, 2.24) is 9.97 Å². The second-order valence-corrected chi connectivity index (χ2v) is 3.47. The van der Waals surface area contributed by atoms with E-state index in [1.54, 1.807) is 18.4 Å². The van der Waals surface area contributed by atoms with Crippen LogP contribution in [0.5, 0.6) is 0 Å². The molecule has 0 fully saturated rings. The van der Waals surface area contributed by atoms with Crippen molar-refractivity contribution >= 4 is 17.6 Å². The first-order chi connectivity index (χ1) is 8.74. The third-order valence-corrected chi connectivity index (χ3v) is 2.11. The highest BCUT2D eigenvalue weighted by atomic mass is 16.4. The fourth-order valence-corrected chi connectivity index (χ4v) is 1.31. The van der Waals surface area contributed by atoms with Gasteiger partial charge in [0.1, 0.15) is 30.3 Å². The number of carboxylic acid groups (broad SMARTS) is 1. The lowest BCUT2D eigenvalue weighted by molar-refractivity contribution is -0.134. The lowest BCUT2D eigenvalue weighted by Crippen LogP contribution is -2.13. The summed E-state index contributed by atoms with van der Waals surface area (Å²) in [4.78, 5) is 18.3. The van der Waals surface area contributed by atoms with Crippen LogP contribution in [0.3, 0.4) is 0 Å². The molecule has 0 aliphatic rings. The maximum atomic E-state index is 10.4. The van der Waals surface area contributed by atoms with E-state index in [9.17, 15) is 4.79 Å². The molecule has 0 aromatic carbocycles. The van der Waals surface area contributed by atoms with Gasteiger partial charge < -0.3 is 20.2 Å². The van der Waals surface area contributed by atoms with Crippen LogP contribution in [0, 0.1) is 0 Å². The Morgan fingerprint density at radius 1 is 1.33 bits per heavy atom. The predicted octanol–water partition coefficient (Wildman–Crippen LogP) is 1.18. The molecule has 2 aromatic heterocycles. The summed E-state index contributed by atoms with van der Waals surface area (Å²) in [5.41, 5.74) is 0. The van der Waals surface area contributed by atoms with Gasteiger partial charge in [0.25, 0.3) is 0 Å². The first-order valence-electron chi connectivity index (χ1n) is 5.28. The molecule has 18 heavy (non-hydrogen) atoms. The Kier molecular flexibility index (Phi) is 3.75. The lowest BCUT2D eigenvalue weighted by atomic mass is 10.4. The highest BCUT2D eigenvalue weighted by Crippen LogP contribution is 2.10. The Morgan fingerprint density at radius 3 is 2.78 bits per heavy atom. The molecule has 0 amide bonds. The molecule has 2 aromatic rings. The number of anilines is 2. The molecule has 0 unspecified atom stereocenters. The molecule has 94 valence electrons. The number of nitrogens with zero attached hydrogens (tertiary/aromatic N) is 2. The van der Waals surface area contributed by atoms with Gasteiger partial charge in [-0.2, -0.15) is 0 Å². The zero-order chi connectivity index (χ0) is 12.8. The fourth-order valence-electron chi connectivity index (χ4n) is 1.31. The average molecular weight is 248 g/mol. The molecule has 2 rings (SSSR count). The molecule has 3 N–H and O–H groups in total. The second-order valence-electron chi connectivity index (χ2n) is 3.47. The number of carboxylic acids is 1. The first kappa shape index (κ1) is 11.9. The molecule has 0 radical (unpaired) electrons.